The van der Waals surface area contributed by atoms with Crippen LogP contribution in [0.1, 0.15) is 17.6 Å². The molecular formula is C13H10NO5. The van der Waals surface area contributed by atoms with Gasteiger partial charge in [-0.05, 0) is 24.3 Å². The van der Waals surface area contributed by atoms with Gasteiger partial charge in [0.25, 0.3) is 6.10 Å². The van der Waals surface area contributed by atoms with Gasteiger partial charge in [-0.15, -0.1) is 0 Å². The number of hydrogen-bond donors (Lipinski definition) is 0. The zero-order chi connectivity index (χ0) is 13.5. The van der Waals surface area contributed by atoms with E-state index in [4.69, 9.17) is 9.15 Å². The lowest BCUT2D eigenvalue weighted by Crippen LogP contribution is -2.18. The average molecular weight is 260 g/mol. The lowest BCUT2D eigenvalue weighted by molar-refractivity contribution is -0.155. The van der Waals surface area contributed by atoms with Crippen molar-refractivity contribution in [3.63, 3.8) is 0 Å². The summed E-state index contributed by atoms with van der Waals surface area (Å²) in [7, 11) is 0. The van der Waals surface area contributed by atoms with Crippen LogP contribution in [0.25, 0.3) is 0 Å². The predicted octanol–water partition coefficient (Wildman–Crippen LogP) is 1.54. The van der Waals surface area contributed by atoms with Crippen LogP contribution in [0.2, 0.25) is 0 Å². The topological polar surface area (TPSA) is 78.6 Å². The van der Waals surface area contributed by atoms with E-state index >= 15 is 0 Å². The van der Waals surface area contributed by atoms with Crippen molar-refractivity contribution in [2.24, 2.45) is 0 Å². The van der Waals surface area contributed by atoms with Gasteiger partial charge >= 0.3 is 12.4 Å². The molecule has 6 heteroatoms. The standard InChI is InChI=1S/C13H10NO5/c15-9-19-12(11-5-3-7-17-11)13(16)18-8-10-4-1-2-6-14-10/h1-7,12H,8H2. The van der Waals surface area contributed by atoms with Crippen molar-refractivity contribution in [2.75, 3.05) is 0 Å². The summed E-state index contributed by atoms with van der Waals surface area (Å²) in [4.78, 5) is 26.1. The monoisotopic (exact) mass is 260 g/mol. The lowest BCUT2D eigenvalue weighted by Gasteiger charge is -2.11. The fraction of sp³-hybridized carbons (Fsp3) is 0.154. The Kier molecular flexibility index (Phi) is 4.28. The fourth-order valence-electron chi connectivity index (χ4n) is 1.42. The molecule has 0 aromatic carbocycles. The third kappa shape index (κ3) is 3.41. The number of ether oxygens (including phenoxy) is 2. The Morgan fingerprint density at radius 3 is 2.89 bits per heavy atom. The molecule has 0 aliphatic carbocycles. The van der Waals surface area contributed by atoms with Gasteiger partial charge in [0.05, 0.1) is 12.0 Å². The number of nitrogens with zero attached hydrogens (tertiary/aromatic N) is 1. The normalized spacial score (nSPS) is 11.6. The summed E-state index contributed by atoms with van der Waals surface area (Å²) in [6, 6.07) is 8.31. The maximum Gasteiger partial charge on any atom is 0.418 e. The highest BCUT2D eigenvalue weighted by atomic mass is 16.6. The minimum Gasteiger partial charge on any atom is -0.465 e. The number of pyridine rings is 1. The molecule has 0 saturated carbocycles. The van der Waals surface area contributed by atoms with E-state index in [1.54, 1.807) is 30.5 Å². The van der Waals surface area contributed by atoms with Crippen LogP contribution in [0.3, 0.4) is 0 Å². The molecule has 0 fully saturated rings. The van der Waals surface area contributed by atoms with E-state index in [1.807, 2.05) is 0 Å². The van der Waals surface area contributed by atoms with Gasteiger partial charge in [-0.3, -0.25) is 4.98 Å². The zero-order valence-corrected chi connectivity index (χ0v) is 9.81. The third-order valence-electron chi connectivity index (χ3n) is 2.27. The Bertz CT molecular complexity index is 523. The van der Waals surface area contributed by atoms with Gasteiger partial charge in [0.15, 0.2) is 5.76 Å². The first-order valence-electron chi connectivity index (χ1n) is 5.44. The molecule has 1 radical (unpaired) electrons. The number of carbonyl (C=O) groups excluding carboxylic acids is 2. The molecule has 19 heavy (non-hydrogen) atoms. The van der Waals surface area contributed by atoms with Crippen LogP contribution >= 0.6 is 0 Å². The van der Waals surface area contributed by atoms with Crippen molar-refractivity contribution in [1.29, 1.82) is 0 Å². The highest BCUT2D eigenvalue weighted by Crippen LogP contribution is 2.19. The van der Waals surface area contributed by atoms with Crippen LogP contribution in [0.15, 0.2) is 47.2 Å². The van der Waals surface area contributed by atoms with Crippen LogP contribution in [-0.4, -0.2) is 17.4 Å². The first-order chi connectivity index (χ1) is 9.31. The summed E-state index contributed by atoms with van der Waals surface area (Å²) in [5.74, 6) is -0.571. The SMILES string of the molecule is O=[C]OC(C(=O)OCc1ccccn1)c1ccco1. The molecule has 1 unspecified atom stereocenters. The van der Waals surface area contributed by atoms with Gasteiger partial charge in [-0.25, -0.2) is 9.59 Å². The van der Waals surface area contributed by atoms with Crippen molar-refractivity contribution >= 4 is 12.4 Å². The Labute approximate surface area is 109 Å². The van der Waals surface area contributed by atoms with Crippen LogP contribution in [0.4, 0.5) is 0 Å². The number of rotatable bonds is 6. The first kappa shape index (κ1) is 12.8. The molecule has 6 nitrogen and oxygen atoms in total. The van der Waals surface area contributed by atoms with Gasteiger partial charge in [-0.1, -0.05) is 6.07 Å². The number of carbonyl (C=O) groups is 1. The molecule has 0 aliphatic rings. The van der Waals surface area contributed by atoms with Crippen LogP contribution in [0, 0.1) is 0 Å². The second-order valence-electron chi connectivity index (χ2n) is 3.53. The van der Waals surface area contributed by atoms with E-state index in [-0.39, 0.29) is 12.4 Å². The minimum absolute atomic E-state index is 0.0148. The Morgan fingerprint density at radius 2 is 2.26 bits per heavy atom. The lowest BCUT2D eigenvalue weighted by atomic mass is 10.3. The maximum atomic E-state index is 11.8. The second kappa shape index (κ2) is 6.34. The molecule has 97 valence electrons. The Morgan fingerprint density at radius 1 is 1.37 bits per heavy atom. The zero-order valence-electron chi connectivity index (χ0n) is 9.81. The van der Waals surface area contributed by atoms with E-state index in [1.165, 1.54) is 18.8 Å². The van der Waals surface area contributed by atoms with Crippen molar-refractivity contribution < 1.29 is 23.5 Å². The van der Waals surface area contributed by atoms with E-state index in [2.05, 4.69) is 9.72 Å². The number of esters is 1. The molecular weight excluding hydrogens is 250 g/mol. The van der Waals surface area contributed by atoms with Crippen LogP contribution in [0.5, 0.6) is 0 Å². The summed E-state index contributed by atoms with van der Waals surface area (Å²) < 4.78 is 14.5. The second-order valence-corrected chi connectivity index (χ2v) is 3.53. The van der Waals surface area contributed by atoms with E-state index < -0.39 is 12.1 Å². The maximum absolute atomic E-state index is 11.8. The van der Waals surface area contributed by atoms with Gasteiger partial charge < -0.3 is 13.9 Å². The summed E-state index contributed by atoms with van der Waals surface area (Å²) in [6.45, 7) is 1.19. The van der Waals surface area contributed by atoms with Crippen molar-refractivity contribution in [2.45, 2.75) is 12.7 Å². The molecule has 0 saturated heterocycles. The largest absolute Gasteiger partial charge is 0.465 e. The minimum atomic E-state index is -1.25. The summed E-state index contributed by atoms with van der Waals surface area (Å²) in [5, 5.41) is 0. The quantitative estimate of drug-likeness (QED) is 0.733. The van der Waals surface area contributed by atoms with Gasteiger partial charge in [0, 0.05) is 6.20 Å². The molecule has 2 aromatic rings. The number of aromatic nitrogens is 1. The summed E-state index contributed by atoms with van der Waals surface area (Å²) >= 11 is 0. The van der Waals surface area contributed by atoms with Crippen molar-refractivity contribution in [3.8, 4) is 0 Å². The molecule has 0 bridgehead atoms. The fourth-order valence-corrected chi connectivity index (χ4v) is 1.42. The molecule has 1 atom stereocenters. The molecule has 0 aliphatic heterocycles. The predicted molar refractivity (Wildman–Crippen MR) is 62.3 cm³/mol. The van der Waals surface area contributed by atoms with E-state index in [9.17, 15) is 9.59 Å². The van der Waals surface area contributed by atoms with Gasteiger partial charge in [-0.2, -0.15) is 0 Å². The van der Waals surface area contributed by atoms with Crippen LogP contribution < -0.4 is 0 Å². The molecule has 0 N–H and O–H groups in total. The average Bonchev–Trinajstić information content (AvgIpc) is 2.97. The third-order valence-corrected chi connectivity index (χ3v) is 2.27. The highest BCUT2D eigenvalue weighted by Gasteiger charge is 2.27. The Hall–Kier alpha value is -2.63. The van der Waals surface area contributed by atoms with Gasteiger partial charge in [0.2, 0.25) is 0 Å². The first-order valence-corrected chi connectivity index (χ1v) is 5.44. The molecule has 2 rings (SSSR count). The van der Waals surface area contributed by atoms with E-state index in [0.717, 1.165) is 0 Å². The smallest absolute Gasteiger partial charge is 0.418 e. The molecule has 0 spiro atoms. The van der Waals surface area contributed by atoms with Crippen LogP contribution in [-0.2, 0) is 25.7 Å². The summed E-state index contributed by atoms with van der Waals surface area (Å²) in [5.41, 5.74) is 0.587. The molecule has 0 amide bonds. The van der Waals surface area contributed by atoms with Gasteiger partial charge in [0.1, 0.15) is 6.61 Å². The Balaban J connectivity index is 1.98. The van der Waals surface area contributed by atoms with E-state index in [0.29, 0.717) is 5.69 Å². The number of furan rings is 1. The van der Waals surface area contributed by atoms with Crippen molar-refractivity contribution in [1.82, 2.24) is 4.98 Å². The summed E-state index contributed by atoms with van der Waals surface area (Å²) in [6.07, 6.45) is 1.70. The molecule has 2 aromatic heterocycles. The number of hydrogen-bond acceptors (Lipinski definition) is 6. The molecule has 2 heterocycles. The van der Waals surface area contributed by atoms with Crippen molar-refractivity contribution in [3.05, 3.63) is 54.2 Å². The highest BCUT2D eigenvalue weighted by molar-refractivity contribution is 5.76.